The Morgan fingerprint density at radius 1 is 1.29 bits per heavy atom. The minimum absolute atomic E-state index is 0.125. The molecule has 0 aromatic heterocycles. The summed E-state index contributed by atoms with van der Waals surface area (Å²) in [7, 11) is 1.38. The number of ether oxygens (including phenoxy) is 1. The van der Waals surface area contributed by atoms with Crippen LogP contribution in [0.4, 0.5) is 29.3 Å². The summed E-state index contributed by atoms with van der Waals surface area (Å²) in [4.78, 5) is 11.7. The molecule has 0 heterocycles. The van der Waals surface area contributed by atoms with E-state index in [-0.39, 0.29) is 11.4 Å². The van der Waals surface area contributed by atoms with Crippen LogP contribution in [0.5, 0.6) is 0 Å². The molecule has 118 valence electrons. The fraction of sp³-hybridized carbons (Fsp3) is 0.462. The zero-order valence-electron chi connectivity index (χ0n) is 12.2. The van der Waals surface area contributed by atoms with Crippen LogP contribution in [0.25, 0.3) is 0 Å². The Bertz CT molecular complexity index is 524. The molecule has 0 aliphatic heterocycles. The molecule has 0 unspecified atom stereocenters. The number of nitrogens with two attached hydrogens (primary N) is 1. The summed E-state index contributed by atoms with van der Waals surface area (Å²) < 4.78 is 42.6. The standard InChI is InChI=1S/C13H18F3N3O2/c1-12(2,3)21-11(20)19(4)18-10-6-5-8(7-9(10)17)13(14,15)16/h5-7,18H,17H2,1-4H3. The van der Waals surface area contributed by atoms with Gasteiger partial charge in [0, 0.05) is 7.05 Å². The topological polar surface area (TPSA) is 67.6 Å². The van der Waals surface area contributed by atoms with Gasteiger partial charge in [-0.25, -0.2) is 9.80 Å². The molecule has 5 nitrogen and oxygen atoms in total. The second kappa shape index (κ2) is 5.71. The van der Waals surface area contributed by atoms with Crippen LogP contribution in [0.1, 0.15) is 26.3 Å². The zero-order valence-corrected chi connectivity index (χ0v) is 12.2. The number of halogens is 3. The number of nitrogens with one attached hydrogen (secondary N) is 1. The van der Waals surface area contributed by atoms with Crippen molar-refractivity contribution in [3.8, 4) is 0 Å². The molecule has 1 aromatic carbocycles. The molecule has 21 heavy (non-hydrogen) atoms. The molecule has 1 amide bonds. The number of hydrogen-bond donors (Lipinski definition) is 2. The van der Waals surface area contributed by atoms with Crippen molar-refractivity contribution in [2.75, 3.05) is 18.2 Å². The van der Waals surface area contributed by atoms with Crippen LogP contribution in [0.2, 0.25) is 0 Å². The number of anilines is 2. The zero-order chi connectivity index (χ0) is 16.4. The Hall–Kier alpha value is -2.12. The molecule has 0 fully saturated rings. The molecule has 0 spiro atoms. The van der Waals surface area contributed by atoms with Crippen LogP contribution in [0.15, 0.2) is 18.2 Å². The lowest BCUT2D eigenvalue weighted by molar-refractivity contribution is -0.137. The normalized spacial score (nSPS) is 12.0. The monoisotopic (exact) mass is 305 g/mol. The second-order valence-corrected chi connectivity index (χ2v) is 5.45. The molecule has 8 heteroatoms. The van der Waals surface area contributed by atoms with Gasteiger partial charge in [0.1, 0.15) is 5.60 Å². The fourth-order valence-corrected chi connectivity index (χ4v) is 1.40. The van der Waals surface area contributed by atoms with Gasteiger partial charge in [-0.1, -0.05) is 0 Å². The van der Waals surface area contributed by atoms with Gasteiger partial charge in [-0.15, -0.1) is 0 Å². The third-order valence-electron chi connectivity index (χ3n) is 2.33. The third kappa shape index (κ3) is 5.05. The molecule has 1 rings (SSSR count). The van der Waals surface area contributed by atoms with Crippen molar-refractivity contribution < 1.29 is 22.7 Å². The van der Waals surface area contributed by atoms with E-state index in [0.29, 0.717) is 0 Å². The third-order valence-corrected chi connectivity index (χ3v) is 2.33. The lowest BCUT2D eigenvalue weighted by atomic mass is 10.1. The predicted molar refractivity (Wildman–Crippen MR) is 73.5 cm³/mol. The van der Waals surface area contributed by atoms with Gasteiger partial charge >= 0.3 is 12.3 Å². The second-order valence-electron chi connectivity index (χ2n) is 5.45. The van der Waals surface area contributed by atoms with Gasteiger partial charge in [0.25, 0.3) is 0 Å². The first-order valence-electron chi connectivity index (χ1n) is 6.10. The van der Waals surface area contributed by atoms with Crippen LogP contribution in [0.3, 0.4) is 0 Å². The summed E-state index contributed by atoms with van der Waals surface area (Å²) in [5.74, 6) is 0. The molecular weight excluding hydrogens is 287 g/mol. The van der Waals surface area contributed by atoms with Gasteiger partial charge in [0.15, 0.2) is 0 Å². The Morgan fingerprint density at radius 3 is 2.29 bits per heavy atom. The number of carbonyl (C=O) groups is 1. The molecule has 0 atom stereocenters. The molecule has 0 aliphatic rings. The molecule has 0 saturated carbocycles. The van der Waals surface area contributed by atoms with E-state index in [1.54, 1.807) is 20.8 Å². The van der Waals surface area contributed by atoms with Gasteiger partial charge < -0.3 is 10.5 Å². The maximum atomic E-state index is 12.5. The summed E-state index contributed by atoms with van der Waals surface area (Å²) in [6.45, 7) is 5.10. The van der Waals surface area contributed by atoms with E-state index in [1.165, 1.54) is 7.05 Å². The average Bonchev–Trinajstić information content (AvgIpc) is 2.27. The summed E-state index contributed by atoms with van der Waals surface area (Å²) in [5.41, 5.74) is 6.64. The quantitative estimate of drug-likeness (QED) is 0.648. The van der Waals surface area contributed by atoms with E-state index in [1.807, 2.05) is 0 Å². The maximum absolute atomic E-state index is 12.5. The first kappa shape index (κ1) is 16.9. The van der Waals surface area contributed by atoms with Crippen LogP contribution in [-0.4, -0.2) is 23.8 Å². The van der Waals surface area contributed by atoms with Crippen molar-refractivity contribution in [3.05, 3.63) is 23.8 Å². The van der Waals surface area contributed by atoms with Gasteiger partial charge in [-0.3, -0.25) is 5.43 Å². The van der Waals surface area contributed by atoms with Crippen molar-refractivity contribution in [2.45, 2.75) is 32.5 Å². The number of hydrazine groups is 1. The first-order valence-corrected chi connectivity index (χ1v) is 6.10. The molecule has 1 aromatic rings. The van der Waals surface area contributed by atoms with Gasteiger partial charge in [-0.2, -0.15) is 13.2 Å². The van der Waals surface area contributed by atoms with E-state index in [9.17, 15) is 18.0 Å². The molecule has 0 radical (unpaired) electrons. The number of hydrogen-bond acceptors (Lipinski definition) is 4. The molecular formula is C13H18F3N3O2. The molecule has 0 saturated heterocycles. The van der Waals surface area contributed by atoms with E-state index in [0.717, 1.165) is 23.2 Å². The predicted octanol–water partition coefficient (Wildman–Crippen LogP) is 3.48. The number of amides is 1. The van der Waals surface area contributed by atoms with Crippen molar-refractivity contribution in [1.82, 2.24) is 5.01 Å². The Morgan fingerprint density at radius 2 is 1.86 bits per heavy atom. The molecule has 0 aliphatic carbocycles. The Balaban J connectivity index is 2.82. The van der Waals surface area contributed by atoms with Gasteiger partial charge in [-0.05, 0) is 39.0 Å². The lowest BCUT2D eigenvalue weighted by Crippen LogP contribution is -2.37. The number of alkyl halides is 3. The first-order chi connectivity index (χ1) is 9.40. The van der Waals surface area contributed by atoms with E-state index >= 15 is 0 Å². The highest BCUT2D eigenvalue weighted by atomic mass is 19.4. The Kier molecular flexibility index (Phi) is 4.60. The minimum Gasteiger partial charge on any atom is -0.442 e. The summed E-state index contributed by atoms with van der Waals surface area (Å²) in [6, 6.07) is 2.83. The maximum Gasteiger partial charge on any atom is 0.428 e. The largest absolute Gasteiger partial charge is 0.442 e. The summed E-state index contributed by atoms with van der Waals surface area (Å²) >= 11 is 0. The minimum atomic E-state index is -4.47. The van der Waals surface area contributed by atoms with E-state index in [4.69, 9.17) is 10.5 Å². The highest BCUT2D eigenvalue weighted by Crippen LogP contribution is 2.32. The van der Waals surface area contributed by atoms with Gasteiger partial charge in [0.2, 0.25) is 0 Å². The Labute approximate surface area is 120 Å². The number of rotatable bonds is 2. The number of benzene rings is 1. The van der Waals surface area contributed by atoms with Crippen LogP contribution >= 0.6 is 0 Å². The van der Waals surface area contributed by atoms with Crippen molar-refractivity contribution in [2.24, 2.45) is 0 Å². The van der Waals surface area contributed by atoms with Crippen LogP contribution < -0.4 is 11.2 Å². The van der Waals surface area contributed by atoms with Crippen molar-refractivity contribution in [3.63, 3.8) is 0 Å². The molecule has 3 N–H and O–H groups in total. The van der Waals surface area contributed by atoms with Crippen LogP contribution in [-0.2, 0) is 10.9 Å². The highest BCUT2D eigenvalue weighted by Gasteiger charge is 2.31. The van der Waals surface area contributed by atoms with E-state index < -0.39 is 23.4 Å². The number of carbonyl (C=O) groups excluding carboxylic acids is 1. The smallest absolute Gasteiger partial charge is 0.428 e. The van der Waals surface area contributed by atoms with Gasteiger partial charge in [0.05, 0.1) is 16.9 Å². The molecule has 0 bridgehead atoms. The SMILES string of the molecule is CN(Nc1ccc(C(F)(F)F)cc1N)C(=O)OC(C)(C)C. The number of nitrogens with zero attached hydrogens (tertiary/aromatic N) is 1. The van der Waals surface area contributed by atoms with Crippen molar-refractivity contribution >= 4 is 17.5 Å². The van der Waals surface area contributed by atoms with Crippen LogP contribution in [0, 0.1) is 0 Å². The highest BCUT2D eigenvalue weighted by molar-refractivity contribution is 5.73. The van der Waals surface area contributed by atoms with Crippen molar-refractivity contribution in [1.29, 1.82) is 0 Å². The summed E-state index contributed by atoms with van der Waals surface area (Å²) in [5, 5.41) is 1.00. The lowest BCUT2D eigenvalue weighted by Gasteiger charge is -2.26. The van der Waals surface area contributed by atoms with E-state index in [2.05, 4.69) is 5.43 Å². The average molecular weight is 305 g/mol. The summed E-state index contributed by atoms with van der Waals surface area (Å²) in [6.07, 6.45) is -5.15. The number of nitrogen functional groups attached to an aromatic ring is 1. The fourth-order valence-electron chi connectivity index (χ4n) is 1.40.